The van der Waals surface area contributed by atoms with Crippen LogP contribution in [0.25, 0.3) is 106 Å². The first kappa shape index (κ1) is 49.4. The van der Waals surface area contributed by atoms with Crippen molar-refractivity contribution in [2.75, 3.05) is 4.90 Å². The zero-order valence-corrected chi connectivity index (χ0v) is 48.0. The summed E-state index contributed by atoms with van der Waals surface area (Å²) in [6.07, 6.45) is 4.39. The summed E-state index contributed by atoms with van der Waals surface area (Å²) in [6, 6.07) is 111. The van der Waals surface area contributed by atoms with E-state index in [1.807, 2.05) is 6.08 Å². The molecule has 2 heteroatoms. The van der Waals surface area contributed by atoms with Crippen LogP contribution < -0.4 is 4.90 Å². The van der Waals surface area contributed by atoms with Gasteiger partial charge in [-0.1, -0.05) is 261 Å². The smallest absolute Gasteiger partial charge is 0.0754 e. The molecule has 0 fully saturated rings. The predicted molar refractivity (Wildman–Crippen MR) is 363 cm³/mol. The minimum absolute atomic E-state index is 0.499. The van der Waals surface area contributed by atoms with Crippen LogP contribution in [-0.4, -0.2) is 4.57 Å². The first-order chi connectivity index (χ1) is 43.0. The lowest BCUT2D eigenvalue weighted by Crippen LogP contribution is -2.33. The molecule has 13 aromatic carbocycles. The fourth-order valence-corrected chi connectivity index (χ4v) is 16.3. The molecule has 0 N–H and O–H groups in total. The molecule has 1 atom stereocenters. The summed E-state index contributed by atoms with van der Waals surface area (Å²) in [6.45, 7) is 6.79. The molecule has 2 heterocycles. The van der Waals surface area contributed by atoms with Gasteiger partial charge < -0.3 is 9.47 Å². The van der Waals surface area contributed by atoms with Gasteiger partial charge in [0, 0.05) is 27.7 Å². The van der Waals surface area contributed by atoms with Crippen LogP contribution in [-0.2, 0) is 10.8 Å². The number of benzene rings is 13. The van der Waals surface area contributed by atoms with Crippen molar-refractivity contribution in [3.63, 3.8) is 0 Å². The van der Waals surface area contributed by atoms with Crippen molar-refractivity contribution in [2.24, 2.45) is 0 Å². The maximum atomic E-state index is 4.51. The number of nitrogens with zero attached hydrogens (tertiary/aromatic N) is 2. The van der Waals surface area contributed by atoms with Gasteiger partial charge in [-0.2, -0.15) is 0 Å². The van der Waals surface area contributed by atoms with Gasteiger partial charge in [0.25, 0.3) is 0 Å². The largest absolute Gasteiger partial charge is 0.314 e. The van der Waals surface area contributed by atoms with E-state index in [9.17, 15) is 0 Å². The number of anilines is 2. The van der Waals surface area contributed by atoms with Crippen LogP contribution >= 0.6 is 0 Å². The number of allylic oxidation sites excluding steroid dienone is 1. The Labute approximate surface area is 507 Å². The lowest BCUT2D eigenvalue weighted by molar-refractivity contribution is 0.749. The molecule has 406 valence electrons. The van der Waals surface area contributed by atoms with Gasteiger partial charge in [-0.05, 0) is 178 Å². The zero-order chi connectivity index (χ0) is 57.5. The van der Waals surface area contributed by atoms with Gasteiger partial charge in [0.05, 0.1) is 33.2 Å². The summed E-state index contributed by atoms with van der Waals surface area (Å²) in [5.74, 6) is 0. The first-order valence-corrected chi connectivity index (χ1v) is 30.3. The van der Waals surface area contributed by atoms with E-state index in [4.69, 9.17) is 0 Å². The van der Waals surface area contributed by atoms with Crippen molar-refractivity contribution in [1.29, 1.82) is 0 Å². The molecule has 0 radical (unpaired) electrons. The van der Waals surface area contributed by atoms with Crippen LogP contribution in [0.4, 0.5) is 11.4 Å². The fraction of sp³-hybridized carbons (Fsp3) is 0.0353. The van der Waals surface area contributed by atoms with E-state index in [2.05, 4.69) is 326 Å². The van der Waals surface area contributed by atoms with Crippen LogP contribution in [0.5, 0.6) is 0 Å². The van der Waals surface area contributed by atoms with Gasteiger partial charge in [-0.25, -0.2) is 0 Å². The van der Waals surface area contributed by atoms with Gasteiger partial charge >= 0.3 is 0 Å². The highest BCUT2D eigenvalue weighted by Crippen LogP contribution is 2.64. The highest BCUT2D eigenvalue weighted by molar-refractivity contribution is 6.13. The van der Waals surface area contributed by atoms with E-state index in [0.717, 1.165) is 44.9 Å². The van der Waals surface area contributed by atoms with E-state index >= 15 is 0 Å². The molecule has 0 saturated heterocycles. The molecule has 2 nitrogen and oxygen atoms in total. The molecule has 4 aliphatic rings. The molecule has 1 aliphatic heterocycles. The standard InChI is InChI=1S/C85H56N2/c1-3-55-50-59(60-45-47-68-66-30-10-16-37-75(66)85(78(68)52-60)76-38-17-20-42-82(76)87-81-41-19-12-32-70(81)71-33-22-39-77(85)83(71)87)44-43-58(55)49-54(2)86(80-40-18-11-27-63(80)61-26-21-25-57(51-61)56-23-5-4-6-24-56)62-46-48-69-67-31-9-15-36-74(67)84(79(69)53-62)72-34-13-7-28-64(72)65-29-8-14-35-73(65)84/h3-53H,1H2,2H3/b54-49+. The van der Waals surface area contributed by atoms with Crippen molar-refractivity contribution in [3.05, 3.63) is 365 Å². The van der Waals surface area contributed by atoms with Crippen LogP contribution in [0.2, 0.25) is 0 Å². The number of para-hydroxylation sites is 4. The average molecular weight is 1110 g/mol. The lowest BCUT2D eigenvalue weighted by Gasteiger charge is -2.39. The topological polar surface area (TPSA) is 8.17 Å². The van der Waals surface area contributed by atoms with E-state index in [0.29, 0.717) is 0 Å². The predicted octanol–water partition coefficient (Wildman–Crippen LogP) is 21.6. The number of rotatable bonds is 8. The van der Waals surface area contributed by atoms with Crippen molar-refractivity contribution in [2.45, 2.75) is 17.8 Å². The summed E-state index contributed by atoms with van der Waals surface area (Å²) in [4.78, 5) is 2.49. The second-order valence-corrected chi connectivity index (χ2v) is 23.9. The SMILES string of the molecule is C=Cc1cc(-c2ccc3c(c2)C2(c4ccccc4-3)c3ccccc3-n3c4ccccc4c4cccc2c43)ccc1/C=C(\C)N(c1ccc2c(c1)C1(c3ccccc3-c3ccccc31)c1ccccc1-2)c1ccccc1-c1cccc(-c2ccccc2)c1. The lowest BCUT2D eigenvalue weighted by atomic mass is 9.65. The van der Waals surface area contributed by atoms with E-state index in [1.54, 1.807) is 0 Å². The van der Waals surface area contributed by atoms with E-state index in [1.165, 1.54) is 122 Å². The maximum Gasteiger partial charge on any atom is 0.0754 e. The quantitative estimate of drug-likeness (QED) is 0.147. The Hall–Kier alpha value is -11.1. The number of aromatic nitrogens is 1. The van der Waals surface area contributed by atoms with Gasteiger partial charge in [-0.15, -0.1) is 0 Å². The number of hydrogen-bond acceptors (Lipinski definition) is 1. The third-order valence-corrected chi connectivity index (χ3v) is 19.7. The molecule has 1 aromatic heterocycles. The summed E-state index contributed by atoms with van der Waals surface area (Å²) in [7, 11) is 0. The molecule has 18 rings (SSSR count). The number of fused-ring (bicyclic) bond motifs is 22. The monoisotopic (exact) mass is 1100 g/mol. The third kappa shape index (κ3) is 6.76. The van der Waals surface area contributed by atoms with Gasteiger partial charge in [0.15, 0.2) is 0 Å². The Morgan fingerprint density at radius 2 is 0.828 bits per heavy atom. The van der Waals surface area contributed by atoms with E-state index < -0.39 is 10.8 Å². The third-order valence-electron chi connectivity index (χ3n) is 19.7. The van der Waals surface area contributed by atoms with Gasteiger partial charge in [-0.3, -0.25) is 0 Å². The van der Waals surface area contributed by atoms with Gasteiger partial charge in [0.1, 0.15) is 0 Å². The molecular weight excluding hydrogens is 1050 g/mol. The Balaban J connectivity index is 0.809. The van der Waals surface area contributed by atoms with Crippen LogP contribution in [0, 0.1) is 0 Å². The van der Waals surface area contributed by atoms with Crippen molar-refractivity contribution in [1.82, 2.24) is 4.57 Å². The Morgan fingerprint density at radius 1 is 0.345 bits per heavy atom. The fourth-order valence-electron chi connectivity index (χ4n) is 16.3. The minimum Gasteiger partial charge on any atom is -0.314 e. The van der Waals surface area contributed by atoms with Crippen LogP contribution in [0.1, 0.15) is 62.6 Å². The van der Waals surface area contributed by atoms with Crippen LogP contribution in [0.15, 0.2) is 310 Å². The number of hydrogen-bond donors (Lipinski definition) is 0. The van der Waals surface area contributed by atoms with Gasteiger partial charge in [0.2, 0.25) is 0 Å². The molecule has 2 spiro atoms. The molecule has 1 unspecified atom stereocenters. The Morgan fingerprint density at radius 3 is 1.53 bits per heavy atom. The molecule has 0 amide bonds. The molecule has 3 aliphatic carbocycles. The highest BCUT2D eigenvalue weighted by Gasteiger charge is 2.53. The van der Waals surface area contributed by atoms with E-state index in [-0.39, 0.29) is 0 Å². The maximum absolute atomic E-state index is 4.51. The minimum atomic E-state index is -0.545. The second kappa shape index (κ2) is 18.7. The second-order valence-electron chi connectivity index (χ2n) is 23.9. The summed E-state index contributed by atoms with van der Waals surface area (Å²) in [5, 5.41) is 2.56. The normalized spacial score (nSPS) is 15.0. The zero-order valence-electron chi connectivity index (χ0n) is 48.0. The Bertz CT molecular complexity index is 5220. The van der Waals surface area contributed by atoms with Crippen molar-refractivity contribution >= 4 is 45.3 Å². The summed E-state index contributed by atoms with van der Waals surface area (Å²) < 4.78 is 2.52. The molecule has 0 saturated carbocycles. The van der Waals surface area contributed by atoms with Crippen LogP contribution in [0.3, 0.4) is 0 Å². The molecule has 0 bridgehead atoms. The summed E-state index contributed by atoms with van der Waals surface area (Å²) >= 11 is 0. The average Bonchev–Trinajstić information content (AvgIpc) is 1.55. The first-order valence-electron chi connectivity index (χ1n) is 30.3. The highest BCUT2D eigenvalue weighted by atomic mass is 15.1. The summed E-state index contributed by atoms with van der Waals surface area (Å²) in [5.41, 5.74) is 33.3. The molecular formula is C85H56N2. The molecule has 14 aromatic rings. The van der Waals surface area contributed by atoms with Crippen molar-refractivity contribution in [3.8, 4) is 72.4 Å². The molecule has 87 heavy (non-hydrogen) atoms. The van der Waals surface area contributed by atoms with Crippen molar-refractivity contribution < 1.29 is 0 Å². The Kier molecular flexibility index (Phi) is 10.6.